The molecule has 232 valence electrons. The van der Waals surface area contributed by atoms with Crippen molar-refractivity contribution in [3.63, 3.8) is 0 Å². The minimum absolute atomic E-state index is 0.0391. The molecular formula is C32H42F3N7O. The number of alkyl halides is 3. The van der Waals surface area contributed by atoms with Crippen LogP contribution in [0, 0.1) is 34.5 Å². The minimum atomic E-state index is -4.78. The lowest BCUT2D eigenvalue weighted by Crippen LogP contribution is -2.62. The van der Waals surface area contributed by atoms with Crippen LogP contribution >= 0.6 is 0 Å². The smallest absolute Gasteiger partial charge is 0.405 e. The Balaban J connectivity index is 1.08. The molecule has 5 atom stereocenters. The van der Waals surface area contributed by atoms with E-state index in [0.29, 0.717) is 46.9 Å². The molecule has 11 heteroatoms. The van der Waals surface area contributed by atoms with Gasteiger partial charge in [0.1, 0.15) is 23.2 Å². The number of nitrogens with zero attached hydrogens (tertiary/aromatic N) is 4. The van der Waals surface area contributed by atoms with Gasteiger partial charge in [-0.3, -0.25) is 0 Å². The third-order valence-electron chi connectivity index (χ3n) is 10.3. The number of benzene rings is 1. The molecule has 43 heavy (non-hydrogen) atoms. The molecule has 1 aromatic carbocycles. The van der Waals surface area contributed by atoms with Crippen molar-refractivity contribution in [2.75, 3.05) is 30.3 Å². The van der Waals surface area contributed by atoms with E-state index < -0.39 is 6.36 Å². The Kier molecular flexibility index (Phi) is 8.44. The fourth-order valence-electron chi connectivity index (χ4n) is 8.54. The summed E-state index contributed by atoms with van der Waals surface area (Å²) in [7, 11) is 0. The maximum absolute atomic E-state index is 12.8. The second-order valence-corrected chi connectivity index (χ2v) is 13.5. The number of nitriles is 1. The summed E-state index contributed by atoms with van der Waals surface area (Å²) in [6.07, 6.45) is 5.33. The van der Waals surface area contributed by atoms with Gasteiger partial charge in [-0.25, -0.2) is 4.98 Å². The summed E-state index contributed by atoms with van der Waals surface area (Å²) >= 11 is 0. The Bertz CT molecular complexity index is 1300. The monoisotopic (exact) mass is 597 g/mol. The Morgan fingerprint density at radius 3 is 2.49 bits per heavy atom. The van der Waals surface area contributed by atoms with Crippen LogP contribution < -0.4 is 20.7 Å². The zero-order chi connectivity index (χ0) is 30.2. The van der Waals surface area contributed by atoms with E-state index >= 15 is 0 Å². The Morgan fingerprint density at radius 1 is 1.09 bits per heavy atom. The number of piperidine rings is 1. The van der Waals surface area contributed by atoms with Gasteiger partial charge >= 0.3 is 6.36 Å². The van der Waals surface area contributed by atoms with Crippen LogP contribution in [0.15, 0.2) is 30.5 Å². The van der Waals surface area contributed by atoms with E-state index in [0.717, 1.165) is 12.5 Å². The highest BCUT2D eigenvalue weighted by atomic mass is 19.4. The third kappa shape index (κ3) is 6.86. The molecule has 2 aromatic rings. The number of aromatic nitrogens is 2. The molecular weight excluding hydrogens is 555 g/mol. The molecule has 0 radical (unpaired) electrons. The van der Waals surface area contributed by atoms with E-state index in [1.165, 1.54) is 76.4 Å². The molecule has 4 aliphatic carbocycles. The van der Waals surface area contributed by atoms with E-state index in [9.17, 15) is 18.4 Å². The second kappa shape index (κ2) is 12.1. The molecule has 2 heterocycles. The van der Waals surface area contributed by atoms with Gasteiger partial charge < -0.3 is 25.6 Å². The molecule has 7 rings (SSSR count). The number of rotatable bonds is 10. The van der Waals surface area contributed by atoms with Gasteiger partial charge in [0.05, 0.1) is 6.20 Å². The zero-order valence-corrected chi connectivity index (χ0v) is 25.0. The van der Waals surface area contributed by atoms with E-state index in [1.807, 2.05) is 0 Å². The summed E-state index contributed by atoms with van der Waals surface area (Å²) in [6, 6.07) is 9.99. The van der Waals surface area contributed by atoms with Gasteiger partial charge in [-0.2, -0.15) is 10.2 Å². The SMILES string of the molecule is CC(C)N1CCC(NC2[C@@H]3CC4C[C@H]2CC(CNc2nc(NCc5ccccc5OC(F)(F)F)ncc2C#N)(C4)C3)CC1. The van der Waals surface area contributed by atoms with Crippen molar-refractivity contribution in [3.8, 4) is 11.8 Å². The van der Waals surface area contributed by atoms with Crippen LogP contribution in [0.5, 0.6) is 5.75 Å². The number of para-hydroxylation sites is 1. The molecule has 1 aliphatic heterocycles. The van der Waals surface area contributed by atoms with E-state index in [4.69, 9.17) is 0 Å². The first kappa shape index (κ1) is 29.9. The Morgan fingerprint density at radius 2 is 1.81 bits per heavy atom. The lowest BCUT2D eigenvalue weighted by Gasteiger charge is -2.61. The lowest BCUT2D eigenvalue weighted by atomic mass is 9.48. The van der Waals surface area contributed by atoms with Crippen LogP contribution in [0.2, 0.25) is 0 Å². The molecule has 3 N–H and O–H groups in total. The molecule has 8 nitrogen and oxygen atoms in total. The van der Waals surface area contributed by atoms with Gasteiger partial charge in [0.2, 0.25) is 5.95 Å². The van der Waals surface area contributed by atoms with Crippen LogP contribution in [0.3, 0.4) is 0 Å². The predicted molar refractivity (Wildman–Crippen MR) is 158 cm³/mol. The second-order valence-electron chi connectivity index (χ2n) is 13.5. The van der Waals surface area contributed by atoms with Gasteiger partial charge in [-0.05, 0) is 101 Å². The highest BCUT2D eigenvalue weighted by Crippen LogP contribution is 2.60. The fourth-order valence-corrected chi connectivity index (χ4v) is 8.54. The first-order valence-electron chi connectivity index (χ1n) is 15.7. The van der Waals surface area contributed by atoms with Gasteiger partial charge in [-0.1, -0.05) is 18.2 Å². The molecule has 5 aliphatic rings. The predicted octanol–water partition coefficient (Wildman–Crippen LogP) is 5.93. The molecule has 1 saturated heterocycles. The Hall–Kier alpha value is -3.10. The average molecular weight is 598 g/mol. The van der Waals surface area contributed by atoms with E-state index in [1.54, 1.807) is 12.1 Å². The first-order valence-corrected chi connectivity index (χ1v) is 15.7. The minimum Gasteiger partial charge on any atom is -0.405 e. The molecule has 0 spiro atoms. The summed E-state index contributed by atoms with van der Waals surface area (Å²) < 4.78 is 42.6. The van der Waals surface area contributed by atoms with Crippen LogP contribution in [0.4, 0.5) is 24.9 Å². The highest BCUT2D eigenvalue weighted by Gasteiger charge is 2.55. The van der Waals surface area contributed by atoms with Crippen molar-refractivity contribution < 1.29 is 17.9 Å². The number of ether oxygens (including phenoxy) is 1. The summed E-state index contributed by atoms with van der Waals surface area (Å²) in [5.41, 5.74) is 0.863. The van der Waals surface area contributed by atoms with Gasteiger partial charge in [0, 0.05) is 36.8 Å². The standard InChI is InChI=1S/C32H42F3N7O/c1-20(2)42-9-7-26(8-10-42)40-28-23-11-21-12-24(28)15-31(13-21,14-23)19-39-29-25(16-36)18-38-30(41-29)37-17-22-5-3-4-6-27(22)43-32(33,34)35/h3-6,18,20-21,23-24,26,28,40H,7-15,17,19H2,1-2H3,(H2,37,38,39,41)/t21?,23-,24+,28?,31?. The number of anilines is 2. The summed E-state index contributed by atoms with van der Waals surface area (Å²) in [5, 5.41) is 20.4. The number of likely N-dealkylation sites (tertiary alicyclic amines) is 1. The van der Waals surface area contributed by atoms with Gasteiger partial charge in [-0.15, -0.1) is 13.2 Å². The molecule has 4 bridgehead atoms. The normalized spacial score (nSPS) is 29.0. The van der Waals surface area contributed by atoms with Crippen molar-refractivity contribution in [1.82, 2.24) is 20.2 Å². The molecule has 1 aromatic heterocycles. The van der Waals surface area contributed by atoms with Crippen molar-refractivity contribution >= 4 is 11.8 Å². The Labute approximate surface area is 251 Å². The molecule has 5 fully saturated rings. The largest absolute Gasteiger partial charge is 0.573 e. The van der Waals surface area contributed by atoms with Crippen molar-refractivity contribution in [1.29, 1.82) is 5.26 Å². The van der Waals surface area contributed by atoms with Crippen LogP contribution in [-0.2, 0) is 6.54 Å². The maximum atomic E-state index is 12.8. The van der Waals surface area contributed by atoms with Gasteiger partial charge in [0.25, 0.3) is 0 Å². The summed E-state index contributed by atoms with van der Waals surface area (Å²) in [6.45, 7) is 7.72. The quantitative estimate of drug-likeness (QED) is 0.310. The van der Waals surface area contributed by atoms with Crippen molar-refractivity contribution in [2.45, 2.75) is 89.8 Å². The molecule has 0 amide bonds. The highest BCUT2D eigenvalue weighted by molar-refractivity contribution is 5.53. The fraction of sp³-hybridized carbons (Fsp3) is 0.656. The van der Waals surface area contributed by atoms with Crippen LogP contribution in [-0.4, -0.2) is 59.0 Å². The lowest BCUT2D eigenvalue weighted by molar-refractivity contribution is -0.274. The van der Waals surface area contributed by atoms with E-state index in [2.05, 4.69) is 55.5 Å². The van der Waals surface area contributed by atoms with Crippen LogP contribution in [0.25, 0.3) is 0 Å². The maximum Gasteiger partial charge on any atom is 0.573 e. The van der Waals surface area contributed by atoms with Crippen molar-refractivity contribution in [2.24, 2.45) is 23.2 Å². The van der Waals surface area contributed by atoms with Gasteiger partial charge in [0.15, 0.2) is 0 Å². The molecule has 4 saturated carbocycles. The van der Waals surface area contributed by atoms with E-state index in [-0.39, 0.29) is 23.7 Å². The number of hydrogen-bond donors (Lipinski definition) is 3. The molecule has 3 unspecified atom stereocenters. The topological polar surface area (TPSA) is 98.1 Å². The zero-order valence-electron chi connectivity index (χ0n) is 25.0. The van der Waals surface area contributed by atoms with Crippen molar-refractivity contribution in [3.05, 3.63) is 41.6 Å². The number of hydrogen-bond acceptors (Lipinski definition) is 8. The summed E-state index contributed by atoms with van der Waals surface area (Å²) in [4.78, 5) is 11.4. The first-order chi connectivity index (χ1) is 20.6. The third-order valence-corrected chi connectivity index (χ3v) is 10.3. The average Bonchev–Trinajstić information content (AvgIpc) is 2.97. The van der Waals surface area contributed by atoms with Crippen LogP contribution in [0.1, 0.15) is 69.9 Å². The summed E-state index contributed by atoms with van der Waals surface area (Å²) in [5.74, 6) is 2.56. The number of halogens is 3. The number of nitrogens with one attached hydrogen (secondary N) is 3.